The molecule has 1 N–H and O–H groups in total. The molecule has 1 rings (SSSR count). The van der Waals surface area contributed by atoms with Gasteiger partial charge in [0.15, 0.2) is 0 Å². The van der Waals surface area contributed by atoms with Crippen molar-refractivity contribution in [3.05, 3.63) is 17.5 Å². The Kier molecular flexibility index (Phi) is 3.48. The van der Waals surface area contributed by atoms with E-state index in [0.29, 0.717) is 6.04 Å². The number of nitrogens with one attached hydrogen (secondary N) is 1. The summed E-state index contributed by atoms with van der Waals surface area (Å²) in [5, 5.41) is 7.70. The van der Waals surface area contributed by atoms with Crippen LogP contribution < -0.4 is 5.32 Å². The van der Waals surface area contributed by atoms with Gasteiger partial charge in [-0.3, -0.25) is 4.68 Å². The molecule has 0 aliphatic carbocycles. The highest BCUT2D eigenvalue weighted by Gasteiger charge is 2.06. The molecule has 0 aliphatic heterocycles. The van der Waals surface area contributed by atoms with Gasteiger partial charge in [0.2, 0.25) is 0 Å². The molecule has 0 saturated carbocycles. The highest BCUT2D eigenvalue weighted by Crippen LogP contribution is 2.04. The molecular weight excluding hydrogens is 162 g/mol. The zero-order valence-electron chi connectivity index (χ0n) is 8.96. The maximum absolute atomic E-state index is 4.42. The highest BCUT2D eigenvalue weighted by atomic mass is 15.3. The lowest BCUT2D eigenvalue weighted by Gasteiger charge is -2.14. The Balaban J connectivity index is 2.67. The third-order valence-corrected chi connectivity index (χ3v) is 2.40. The minimum absolute atomic E-state index is 0.526. The normalized spacial score (nSPS) is 13.2. The van der Waals surface area contributed by atoms with Gasteiger partial charge in [0.1, 0.15) is 0 Å². The average Bonchev–Trinajstić information content (AvgIpc) is 2.41. The number of hydrogen-bond acceptors (Lipinski definition) is 2. The predicted octanol–water partition coefficient (Wildman–Crippen LogP) is 1.50. The Hall–Kier alpha value is -0.830. The van der Waals surface area contributed by atoms with Crippen molar-refractivity contribution in [2.24, 2.45) is 0 Å². The first-order valence-corrected chi connectivity index (χ1v) is 4.85. The van der Waals surface area contributed by atoms with Crippen molar-refractivity contribution in [1.29, 1.82) is 0 Å². The summed E-state index contributed by atoms with van der Waals surface area (Å²) in [7, 11) is 2.00. The second kappa shape index (κ2) is 4.42. The number of aryl methyl sites for hydroxylation is 2. The number of likely N-dealkylation sites (N-methyl/N-ethyl adjacent to an activating group) is 1. The first kappa shape index (κ1) is 10.3. The second-order valence-electron chi connectivity index (χ2n) is 3.50. The molecule has 74 valence electrons. The number of aromatic nitrogens is 2. The van der Waals surface area contributed by atoms with Gasteiger partial charge in [-0.2, -0.15) is 5.10 Å². The zero-order valence-corrected chi connectivity index (χ0v) is 8.96. The lowest BCUT2D eigenvalue weighted by molar-refractivity contribution is 0.436. The van der Waals surface area contributed by atoms with Gasteiger partial charge in [0, 0.05) is 11.7 Å². The van der Waals surface area contributed by atoms with Gasteiger partial charge < -0.3 is 5.32 Å². The molecule has 3 nitrogen and oxygen atoms in total. The van der Waals surface area contributed by atoms with Crippen LogP contribution in [0, 0.1) is 13.8 Å². The third kappa shape index (κ3) is 2.56. The molecule has 1 heterocycles. The van der Waals surface area contributed by atoms with Crippen LogP contribution in [0.25, 0.3) is 0 Å². The summed E-state index contributed by atoms with van der Waals surface area (Å²) >= 11 is 0. The Morgan fingerprint density at radius 3 is 2.62 bits per heavy atom. The summed E-state index contributed by atoms with van der Waals surface area (Å²) in [4.78, 5) is 0. The maximum Gasteiger partial charge on any atom is 0.0596 e. The molecule has 0 fully saturated rings. The smallest absolute Gasteiger partial charge is 0.0596 e. The van der Waals surface area contributed by atoms with E-state index >= 15 is 0 Å². The van der Waals surface area contributed by atoms with E-state index in [-0.39, 0.29) is 0 Å². The van der Waals surface area contributed by atoms with Crippen LogP contribution in [-0.2, 0) is 6.54 Å². The van der Waals surface area contributed by atoms with Crippen LogP contribution in [0.15, 0.2) is 6.07 Å². The molecular formula is C10H19N3. The topological polar surface area (TPSA) is 29.9 Å². The molecule has 0 bridgehead atoms. The van der Waals surface area contributed by atoms with Gasteiger partial charge in [0.05, 0.1) is 12.2 Å². The van der Waals surface area contributed by atoms with Gasteiger partial charge >= 0.3 is 0 Å². The predicted molar refractivity (Wildman–Crippen MR) is 54.8 cm³/mol. The van der Waals surface area contributed by atoms with Crippen molar-refractivity contribution < 1.29 is 0 Å². The van der Waals surface area contributed by atoms with Gasteiger partial charge in [-0.1, -0.05) is 6.92 Å². The summed E-state index contributed by atoms with van der Waals surface area (Å²) in [6, 6.07) is 2.64. The SMILES string of the molecule is CCC(Cn1nc(C)cc1C)NC. The van der Waals surface area contributed by atoms with E-state index in [0.717, 1.165) is 18.7 Å². The molecule has 1 atom stereocenters. The van der Waals surface area contributed by atoms with Crippen molar-refractivity contribution in [3.63, 3.8) is 0 Å². The van der Waals surface area contributed by atoms with Crippen molar-refractivity contribution >= 4 is 0 Å². The van der Waals surface area contributed by atoms with Crippen LogP contribution in [0.2, 0.25) is 0 Å². The largest absolute Gasteiger partial charge is 0.315 e. The third-order valence-electron chi connectivity index (χ3n) is 2.40. The van der Waals surface area contributed by atoms with Gasteiger partial charge in [-0.25, -0.2) is 0 Å². The molecule has 0 saturated heterocycles. The van der Waals surface area contributed by atoms with Crippen LogP contribution in [0.5, 0.6) is 0 Å². The van der Waals surface area contributed by atoms with E-state index in [1.54, 1.807) is 0 Å². The van der Waals surface area contributed by atoms with Crippen molar-refractivity contribution in [2.75, 3.05) is 7.05 Å². The highest BCUT2D eigenvalue weighted by molar-refractivity contribution is 5.06. The van der Waals surface area contributed by atoms with Crippen LogP contribution in [0.3, 0.4) is 0 Å². The first-order chi connectivity index (χ1) is 6.17. The van der Waals surface area contributed by atoms with E-state index in [1.165, 1.54) is 5.69 Å². The Labute approximate surface area is 80.1 Å². The standard InChI is InChI=1S/C10H19N3/c1-5-10(11-4)7-13-9(3)6-8(2)12-13/h6,10-11H,5,7H2,1-4H3. The van der Waals surface area contributed by atoms with Crippen molar-refractivity contribution in [2.45, 2.75) is 39.8 Å². The number of rotatable bonds is 4. The number of nitrogens with zero attached hydrogens (tertiary/aromatic N) is 2. The molecule has 0 aromatic carbocycles. The molecule has 0 amide bonds. The summed E-state index contributed by atoms with van der Waals surface area (Å²) in [6.07, 6.45) is 1.13. The fourth-order valence-electron chi connectivity index (χ4n) is 1.49. The molecule has 1 unspecified atom stereocenters. The van der Waals surface area contributed by atoms with Crippen LogP contribution in [0.4, 0.5) is 0 Å². The first-order valence-electron chi connectivity index (χ1n) is 4.85. The quantitative estimate of drug-likeness (QED) is 0.763. The van der Waals surface area contributed by atoms with Crippen LogP contribution >= 0.6 is 0 Å². The molecule has 1 aromatic heterocycles. The lowest BCUT2D eigenvalue weighted by atomic mass is 10.2. The monoisotopic (exact) mass is 181 g/mol. The minimum atomic E-state index is 0.526. The molecule has 0 radical (unpaired) electrons. The molecule has 3 heteroatoms. The summed E-state index contributed by atoms with van der Waals surface area (Å²) in [6.45, 7) is 7.28. The Morgan fingerprint density at radius 1 is 1.54 bits per heavy atom. The zero-order chi connectivity index (χ0) is 9.84. The van der Waals surface area contributed by atoms with Crippen LogP contribution in [-0.4, -0.2) is 22.9 Å². The second-order valence-corrected chi connectivity index (χ2v) is 3.50. The fourth-order valence-corrected chi connectivity index (χ4v) is 1.49. The maximum atomic E-state index is 4.42. The summed E-state index contributed by atoms with van der Waals surface area (Å²) in [5.41, 5.74) is 2.34. The lowest BCUT2D eigenvalue weighted by Crippen LogP contribution is -2.30. The van der Waals surface area contributed by atoms with E-state index in [4.69, 9.17) is 0 Å². The molecule has 13 heavy (non-hydrogen) atoms. The summed E-state index contributed by atoms with van der Waals surface area (Å²) < 4.78 is 2.07. The van der Waals surface area contributed by atoms with E-state index in [1.807, 2.05) is 14.0 Å². The Morgan fingerprint density at radius 2 is 2.23 bits per heavy atom. The molecule has 0 aliphatic rings. The van der Waals surface area contributed by atoms with Gasteiger partial charge in [-0.05, 0) is 33.4 Å². The van der Waals surface area contributed by atoms with Gasteiger partial charge in [0.25, 0.3) is 0 Å². The number of hydrogen-bond donors (Lipinski definition) is 1. The molecule has 1 aromatic rings. The molecule has 0 spiro atoms. The minimum Gasteiger partial charge on any atom is -0.315 e. The average molecular weight is 181 g/mol. The van der Waals surface area contributed by atoms with E-state index in [2.05, 4.69) is 35.0 Å². The van der Waals surface area contributed by atoms with Gasteiger partial charge in [-0.15, -0.1) is 0 Å². The van der Waals surface area contributed by atoms with Crippen LogP contribution in [0.1, 0.15) is 24.7 Å². The van der Waals surface area contributed by atoms with E-state index in [9.17, 15) is 0 Å². The van der Waals surface area contributed by atoms with E-state index < -0.39 is 0 Å². The van der Waals surface area contributed by atoms with Crippen molar-refractivity contribution in [1.82, 2.24) is 15.1 Å². The Bertz CT molecular complexity index is 261. The fraction of sp³-hybridized carbons (Fsp3) is 0.700. The summed E-state index contributed by atoms with van der Waals surface area (Å²) in [5.74, 6) is 0. The van der Waals surface area contributed by atoms with Crippen molar-refractivity contribution in [3.8, 4) is 0 Å².